The molecule has 0 spiro atoms. The number of nitrogens with zero attached hydrogens (tertiary/aromatic N) is 5. The third-order valence-electron chi connectivity index (χ3n) is 4.49. The van der Waals surface area contributed by atoms with Gasteiger partial charge in [-0.3, -0.25) is 4.90 Å². The second-order valence-electron chi connectivity index (χ2n) is 6.29. The highest BCUT2D eigenvalue weighted by molar-refractivity contribution is 5.30. The van der Waals surface area contributed by atoms with Gasteiger partial charge in [-0.15, -0.1) is 0 Å². The van der Waals surface area contributed by atoms with E-state index in [1.165, 1.54) is 0 Å². The second kappa shape index (κ2) is 6.18. The van der Waals surface area contributed by atoms with Gasteiger partial charge in [0.1, 0.15) is 11.3 Å². The van der Waals surface area contributed by atoms with Crippen molar-refractivity contribution in [2.24, 2.45) is 0 Å². The lowest BCUT2D eigenvalue weighted by Crippen LogP contribution is -2.46. The van der Waals surface area contributed by atoms with Gasteiger partial charge in [0, 0.05) is 19.3 Å². The monoisotopic (exact) mass is 324 g/mol. The Kier molecular flexibility index (Phi) is 3.87. The van der Waals surface area contributed by atoms with Crippen LogP contribution in [0.25, 0.3) is 5.69 Å². The summed E-state index contributed by atoms with van der Waals surface area (Å²) in [6.07, 6.45) is 5.20. The van der Waals surface area contributed by atoms with Crippen LogP contribution in [0.2, 0.25) is 0 Å². The first-order chi connectivity index (χ1) is 11.7. The molecule has 0 bridgehead atoms. The Labute approximate surface area is 139 Å². The average Bonchev–Trinajstić information content (AvgIpc) is 3.28. The van der Waals surface area contributed by atoms with Gasteiger partial charge in [-0.25, -0.2) is 4.68 Å². The van der Waals surface area contributed by atoms with E-state index in [2.05, 4.69) is 25.4 Å². The number of aromatic nitrogens is 5. The summed E-state index contributed by atoms with van der Waals surface area (Å²) in [7, 11) is 0. The van der Waals surface area contributed by atoms with Crippen LogP contribution >= 0.6 is 0 Å². The van der Waals surface area contributed by atoms with Gasteiger partial charge in [0.05, 0.1) is 17.6 Å². The molecule has 124 valence electrons. The second-order valence-corrected chi connectivity index (χ2v) is 6.29. The van der Waals surface area contributed by atoms with Crippen molar-refractivity contribution in [3.8, 4) is 5.69 Å². The molecule has 7 nitrogen and oxygen atoms in total. The van der Waals surface area contributed by atoms with Gasteiger partial charge in [-0.1, -0.05) is 18.2 Å². The van der Waals surface area contributed by atoms with Gasteiger partial charge < -0.3 is 5.11 Å². The molecule has 0 aliphatic carbocycles. The first-order valence-corrected chi connectivity index (χ1v) is 8.14. The standard InChI is InChI=1S/C17H20N6O/c24-17(16-11-18-21-19-16)8-4-9-22(13-17)12-14-7-10-23(20-14)15-5-2-1-3-6-15/h1-3,5-7,10-11,24H,4,8-9,12-13H2,(H,18,19,21)/t17-/m0/s1. The highest BCUT2D eigenvalue weighted by atomic mass is 16.3. The van der Waals surface area contributed by atoms with Gasteiger partial charge in [0.2, 0.25) is 0 Å². The molecule has 3 heterocycles. The zero-order valence-corrected chi connectivity index (χ0v) is 13.3. The molecule has 4 rings (SSSR count). The van der Waals surface area contributed by atoms with Crippen LogP contribution in [-0.2, 0) is 12.1 Å². The zero-order chi connectivity index (χ0) is 16.4. The fourth-order valence-corrected chi connectivity index (χ4v) is 3.29. The van der Waals surface area contributed by atoms with Crippen molar-refractivity contribution in [1.82, 2.24) is 30.1 Å². The largest absolute Gasteiger partial charge is 0.382 e. The Morgan fingerprint density at radius 3 is 2.88 bits per heavy atom. The van der Waals surface area contributed by atoms with Crippen LogP contribution in [0, 0.1) is 0 Å². The molecule has 3 aromatic rings. The predicted molar refractivity (Wildman–Crippen MR) is 88.4 cm³/mol. The third kappa shape index (κ3) is 2.95. The fourth-order valence-electron chi connectivity index (χ4n) is 3.29. The van der Waals surface area contributed by atoms with Crippen LogP contribution in [0.5, 0.6) is 0 Å². The number of piperidine rings is 1. The van der Waals surface area contributed by atoms with Crippen LogP contribution in [0.3, 0.4) is 0 Å². The van der Waals surface area contributed by atoms with E-state index in [1.807, 2.05) is 47.3 Å². The summed E-state index contributed by atoms with van der Waals surface area (Å²) in [5.41, 5.74) is 1.71. The Balaban J connectivity index is 1.47. The molecule has 0 unspecified atom stereocenters. The smallest absolute Gasteiger partial charge is 0.123 e. The van der Waals surface area contributed by atoms with Crippen molar-refractivity contribution >= 4 is 0 Å². The molecule has 0 radical (unpaired) electrons. The zero-order valence-electron chi connectivity index (χ0n) is 13.3. The number of nitrogens with one attached hydrogen (secondary N) is 1. The van der Waals surface area contributed by atoms with Crippen LogP contribution in [0.1, 0.15) is 24.2 Å². The minimum Gasteiger partial charge on any atom is -0.382 e. The summed E-state index contributed by atoms with van der Waals surface area (Å²) < 4.78 is 1.88. The molecular weight excluding hydrogens is 304 g/mol. The minimum absolute atomic E-state index is 0.539. The maximum atomic E-state index is 10.9. The van der Waals surface area contributed by atoms with Gasteiger partial charge >= 0.3 is 0 Å². The van der Waals surface area contributed by atoms with Crippen LogP contribution in [-0.4, -0.2) is 48.3 Å². The molecule has 24 heavy (non-hydrogen) atoms. The average molecular weight is 324 g/mol. The number of β-amino-alcohol motifs (C(OH)–C–C–N with tert-alkyl or cyclic N) is 1. The predicted octanol–water partition coefficient (Wildman–Crippen LogP) is 1.47. The summed E-state index contributed by atoms with van der Waals surface area (Å²) in [4.78, 5) is 2.22. The molecule has 7 heteroatoms. The van der Waals surface area contributed by atoms with E-state index in [-0.39, 0.29) is 0 Å². The van der Waals surface area contributed by atoms with E-state index in [0.29, 0.717) is 25.2 Å². The van der Waals surface area contributed by atoms with Crippen molar-refractivity contribution in [3.63, 3.8) is 0 Å². The first-order valence-electron chi connectivity index (χ1n) is 8.14. The van der Waals surface area contributed by atoms with E-state index in [9.17, 15) is 5.11 Å². The van der Waals surface area contributed by atoms with E-state index in [0.717, 1.165) is 24.3 Å². The highest BCUT2D eigenvalue weighted by Gasteiger charge is 2.37. The molecule has 1 saturated heterocycles. The summed E-state index contributed by atoms with van der Waals surface area (Å²) in [5, 5.41) is 26.0. The molecule has 2 N–H and O–H groups in total. The molecule has 0 amide bonds. The van der Waals surface area contributed by atoms with Crippen molar-refractivity contribution in [2.45, 2.75) is 25.0 Å². The number of aromatic amines is 1. The lowest BCUT2D eigenvalue weighted by molar-refractivity contribution is -0.0417. The maximum absolute atomic E-state index is 10.9. The molecule has 1 aromatic carbocycles. The molecular formula is C17H20N6O. The fraction of sp³-hybridized carbons (Fsp3) is 0.353. The maximum Gasteiger partial charge on any atom is 0.123 e. The summed E-state index contributed by atoms with van der Waals surface area (Å²) in [6.45, 7) is 2.19. The van der Waals surface area contributed by atoms with Crippen molar-refractivity contribution < 1.29 is 5.11 Å². The third-order valence-corrected chi connectivity index (χ3v) is 4.49. The number of H-pyrrole nitrogens is 1. The normalized spacial score (nSPS) is 21.9. The van der Waals surface area contributed by atoms with Gasteiger partial charge in [-0.05, 0) is 37.6 Å². The molecule has 0 saturated carbocycles. The van der Waals surface area contributed by atoms with Crippen LogP contribution in [0.4, 0.5) is 0 Å². The Morgan fingerprint density at radius 2 is 2.08 bits per heavy atom. The first kappa shape index (κ1) is 15.0. The van der Waals surface area contributed by atoms with Crippen molar-refractivity contribution in [1.29, 1.82) is 0 Å². The number of rotatable bonds is 4. The Bertz CT molecular complexity index is 785. The quantitative estimate of drug-likeness (QED) is 0.759. The number of aliphatic hydroxyl groups is 1. The number of para-hydroxylation sites is 1. The summed E-state index contributed by atoms with van der Waals surface area (Å²) in [6, 6.07) is 12.1. The van der Waals surface area contributed by atoms with Crippen molar-refractivity contribution in [2.75, 3.05) is 13.1 Å². The SMILES string of the molecule is O[C@@]1(c2cn[nH]n2)CCCN(Cc2ccn(-c3ccccc3)n2)C1. The lowest BCUT2D eigenvalue weighted by atomic mass is 9.90. The van der Waals surface area contributed by atoms with Gasteiger partial charge in [0.25, 0.3) is 0 Å². The van der Waals surface area contributed by atoms with E-state index >= 15 is 0 Å². The topological polar surface area (TPSA) is 82.9 Å². The summed E-state index contributed by atoms with van der Waals surface area (Å²) in [5.74, 6) is 0. The van der Waals surface area contributed by atoms with E-state index in [1.54, 1.807) is 6.20 Å². The molecule has 1 aliphatic heterocycles. The van der Waals surface area contributed by atoms with Gasteiger partial charge in [0.15, 0.2) is 0 Å². The Hall–Kier alpha value is -2.51. The number of likely N-dealkylation sites (tertiary alicyclic amines) is 1. The minimum atomic E-state index is -0.937. The van der Waals surface area contributed by atoms with Crippen molar-refractivity contribution in [3.05, 3.63) is 60.2 Å². The number of hydrogen-bond acceptors (Lipinski definition) is 5. The van der Waals surface area contributed by atoms with Crippen LogP contribution in [0.15, 0.2) is 48.8 Å². The number of hydrogen-bond donors (Lipinski definition) is 2. The molecule has 1 fully saturated rings. The highest BCUT2D eigenvalue weighted by Crippen LogP contribution is 2.30. The van der Waals surface area contributed by atoms with E-state index < -0.39 is 5.60 Å². The molecule has 2 aromatic heterocycles. The number of benzene rings is 1. The summed E-state index contributed by atoms with van der Waals surface area (Å²) >= 11 is 0. The van der Waals surface area contributed by atoms with Crippen LogP contribution < -0.4 is 0 Å². The van der Waals surface area contributed by atoms with E-state index in [4.69, 9.17) is 0 Å². The molecule has 1 atom stereocenters. The molecule has 1 aliphatic rings. The Morgan fingerprint density at radius 1 is 1.21 bits per heavy atom. The van der Waals surface area contributed by atoms with Gasteiger partial charge in [-0.2, -0.15) is 20.5 Å². The lowest BCUT2D eigenvalue weighted by Gasteiger charge is -2.37.